The Labute approximate surface area is 119 Å². The fourth-order valence-electron chi connectivity index (χ4n) is 2.22. The third-order valence-corrected chi connectivity index (χ3v) is 3.65. The molecule has 4 nitrogen and oxygen atoms in total. The molecule has 1 heterocycles. The van der Waals surface area contributed by atoms with Crippen molar-refractivity contribution in [2.45, 2.75) is 19.6 Å². The molecule has 2 rings (SSSR count). The Morgan fingerprint density at radius 2 is 2.37 bits per heavy atom. The predicted octanol–water partition coefficient (Wildman–Crippen LogP) is 1.90. The number of rotatable bonds is 5. The van der Waals surface area contributed by atoms with Crippen LogP contribution in [0.4, 0.5) is 0 Å². The van der Waals surface area contributed by atoms with Crippen LogP contribution in [0.2, 0.25) is 5.02 Å². The predicted molar refractivity (Wildman–Crippen MR) is 76.7 cm³/mol. The van der Waals surface area contributed by atoms with Gasteiger partial charge in [0.15, 0.2) is 0 Å². The molecule has 1 unspecified atom stereocenters. The van der Waals surface area contributed by atoms with Crippen LogP contribution in [-0.2, 0) is 11.3 Å². The standard InChI is InChI=1S/C14H21ClN2O2/c1-2-17-6-7-18-12(9-17)10-19-14-11(8-16)4-3-5-13(14)15/h3-5,12H,2,6-10,16H2,1H3. The zero-order valence-corrected chi connectivity index (χ0v) is 12.0. The number of morpholine rings is 1. The maximum Gasteiger partial charge on any atom is 0.142 e. The van der Waals surface area contributed by atoms with E-state index in [1.807, 2.05) is 18.2 Å². The number of benzene rings is 1. The Morgan fingerprint density at radius 3 is 3.11 bits per heavy atom. The molecular weight excluding hydrogens is 264 g/mol. The first-order valence-electron chi connectivity index (χ1n) is 6.68. The number of nitrogens with two attached hydrogens (primary N) is 1. The van der Waals surface area contributed by atoms with Gasteiger partial charge in [-0.05, 0) is 12.6 Å². The number of halogens is 1. The van der Waals surface area contributed by atoms with Crippen LogP contribution in [0.3, 0.4) is 0 Å². The highest BCUT2D eigenvalue weighted by molar-refractivity contribution is 6.32. The molecule has 1 aromatic rings. The zero-order valence-electron chi connectivity index (χ0n) is 11.3. The van der Waals surface area contributed by atoms with E-state index < -0.39 is 0 Å². The fraction of sp³-hybridized carbons (Fsp3) is 0.571. The van der Waals surface area contributed by atoms with Crippen molar-refractivity contribution in [3.05, 3.63) is 28.8 Å². The molecule has 2 N–H and O–H groups in total. The lowest BCUT2D eigenvalue weighted by Gasteiger charge is -2.32. The average molecular weight is 285 g/mol. The SMILES string of the molecule is CCN1CCOC(COc2c(Cl)cccc2CN)C1. The van der Waals surface area contributed by atoms with Gasteiger partial charge in [-0.3, -0.25) is 4.90 Å². The molecule has 1 aromatic carbocycles. The molecule has 19 heavy (non-hydrogen) atoms. The smallest absolute Gasteiger partial charge is 0.142 e. The van der Waals surface area contributed by atoms with Crippen molar-refractivity contribution in [3.63, 3.8) is 0 Å². The Bertz CT molecular complexity index is 414. The average Bonchev–Trinajstić information content (AvgIpc) is 2.46. The summed E-state index contributed by atoms with van der Waals surface area (Å²) in [6.07, 6.45) is 0.0931. The monoisotopic (exact) mass is 284 g/mol. The molecule has 106 valence electrons. The van der Waals surface area contributed by atoms with Gasteiger partial charge in [0.05, 0.1) is 11.6 Å². The normalized spacial score (nSPS) is 20.5. The molecule has 0 aliphatic carbocycles. The summed E-state index contributed by atoms with van der Waals surface area (Å²) in [5.41, 5.74) is 6.62. The first kappa shape index (κ1) is 14.6. The minimum atomic E-state index is 0.0931. The molecule has 1 fully saturated rings. The lowest BCUT2D eigenvalue weighted by molar-refractivity contribution is -0.0465. The van der Waals surface area contributed by atoms with E-state index in [-0.39, 0.29) is 6.10 Å². The van der Waals surface area contributed by atoms with Crippen molar-refractivity contribution in [2.75, 3.05) is 32.8 Å². The molecule has 1 aliphatic heterocycles. The Hall–Kier alpha value is -0.810. The highest BCUT2D eigenvalue weighted by Crippen LogP contribution is 2.28. The molecule has 0 spiro atoms. The van der Waals surface area contributed by atoms with E-state index in [0.717, 1.165) is 31.8 Å². The van der Waals surface area contributed by atoms with Crippen molar-refractivity contribution in [3.8, 4) is 5.75 Å². The van der Waals surface area contributed by atoms with Crippen LogP contribution >= 0.6 is 11.6 Å². The summed E-state index contributed by atoms with van der Waals surface area (Å²) in [6.45, 7) is 6.78. The second kappa shape index (κ2) is 7.10. The van der Waals surface area contributed by atoms with Gasteiger partial charge in [0.2, 0.25) is 0 Å². The number of ether oxygens (including phenoxy) is 2. The van der Waals surface area contributed by atoms with Gasteiger partial charge < -0.3 is 15.2 Å². The molecular formula is C14H21ClN2O2. The quantitative estimate of drug-likeness (QED) is 0.897. The molecule has 0 aromatic heterocycles. The minimum absolute atomic E-state index is 0.0931. The third-order valence-electron chi connectivity index (χ3n) is 3.35. The number of nitrogens with zero attached hydrogens (tertiary/aromatic N) is 1. The van der Waals surface area contributed by atoms with Gasteiger partial charge >= 0.3 is 0 Å². The van der Waals surface area contributed by atoms with Crippen LogP contribution in [0.25, 0.3) is 0 Å². The first-order valence-corrected chi connectivity index (χ1v) is 7.06. The molecule has 0 radical (unpaired) electrons. The van der Waals surface area contributed by atoms with Crippen molar-refractivity contribution >= 4 is 11.6 Å². The van der Waals surface area contributed by atoms with E-state index in [1.165, 1.54) is 0 Å². The van der Waals surface area contributed by atoms with Gasteiger partial charge in [0.1, 0.15) is 18.5 Å². The minimum Gasteiger partial charge on any atom is -0.489 e. The molecule has 5 heteroatoms. The lowest BCUT2D eigenvalue weighted by atomic mass is 10.2. The Kier molecular flexibility index (Phi) is 5.45. The largest absolute Gasteiger partial charge is 0.489 e. The van der Waals surface area contributed by atoms with Crippen molar-refractivity contribution < 1.29 is 9.47 Å². The summed E-state index contributed by atoms with van der Waals surface area (Å²) in [4.78, 5) is 2.36. The van der Waals surface area contributed by atoms with Crippen LogP contribution in [0.15, 0.2) is 18.2 Å². The van der Waals surface area contributed by atoms with E-state index in [2.05, 4.69) is 11.8 Å². The summed E-state index contributed by atoms with van der Waals surface area (Å²) >= 11 is 6.15. The highest BCUT2D eigenvalue weighted by atomic mass is 35.5. The van der Waals surface area contributed by atoms with Crippen LogP contribution in [-0.4, -0.2) is 43.9 Å². The third kappa shape index (κ3) is 3.83. The molecule has 0 amide bonds. The van der Waals surface area contributed by atoms with E-state index in [4.69, 9.17) is 26.8 Å². The van der Waals surface area contributed by atoms with Crippen molar-refractivity contribution in [1.29, 1.82) is 0 Å². The van der Waals surface area contributed by atoms with Crippen molar-refractivity contribution in [2.24, 2.45) is 5.73 Å². The summed E-state index contributed by atoms with van der Waals surface area (Å²) in [6, 6.07) is 5.63. The topological polar surface area (TPSA) is 47.7 Å². The van der Waals surface area contributed by atoms with Gasteiger partial charge in [0, 0.05) is 25.2 Å². The molecule has 1 aliphatic rings. The Balaban J connectivity index is 1.95. The van der Waals surface area contributed by atoms with Crippen molar-refractivity contribution in [1.82, 2.24) is 4.90 Å². The lowest BCUT2D eigenvalue weighted by Crippen LogP contribution is -2.44. The molecule has 0 saturated carbocycles. The zero-order chi connectivity index (χ0) is 13.7. The highest BCUT2D eigenvalue weighted by Gasteiger charge is 2.20. The number of likely N-dealkylation sites (N-methyl/N-ethyl adjacent to an activating group) is 1. The van der Waals surface area contributed by atoms with Gasteiger partial charge in [-0.25, -0.2) is 0 Å². The van der Waals surface area contributed by atoms with Crippen LogP contribution in [0.5, 0.6) is 5.75 Å². The summed E-state index contributed by atoms with van der Waals surface area (Å²) in [5, 5.41) is 0.603. The van der Waals surface area contributed by atoms with Crippen LogP contribution < -0.4 is 10.5 Å². The maximum absolute atomic E-state index is 6.15. The number of para-hydroxylation sites is 1. The van der Waals surface area contributed by atoms with Gasteiger partial charge in [-0.2, -0.15) is 0 Å². The molecule has 1 atom stereocenters. The van der Waals surface area contributed by atoms with Gasteiger partial charge in [0.25, 0.3) is 0 Å². The van der Waals surface area contributed by atoms with Gasteiger partial charge in [-0.15, -0.1) is 0 Å². The summed E-state index contributed by atoms with van der Waals surface area (Å²) in [7, 11) is 0. The van der Waals surface area contributed by atoms with E-state index in [9.17, 15) is 0 Å². The molecule has 1 saturated heterocycles. The second-order valence-corrected chi connectivity index (χ2v) is 5.04. The second-order valence-electron chi connectivity index (χ2n) is 4.63. The number of hydrogen-bond donors (Lipinski definition) is 1. The fourth-order valence-corrected chi connectivity index (χ4v) is 2.47. The van der Waals surface area contributed by atoms with Crippen LogP contribution in [0, 0.1) is 0 Å². The van der Waals surface area contributed by atoms with E-state index in [0.29, 0.717) is 23.9 Å². The van der Waals surface area contributed by atoms with E-state index in [1.54, 1.807) is 0 Å². The first-order chi connectivity index (χ1) is 9.24. The van der Waals surface area contributed by atoms with Gasteiger partial charge in [-0.1, -0.05) is 30.7 Å². The maximum atomic E-state index is 6.15. The summed E-state index contributed by atoms with van der Waals surface area (Å²) in [5.74, 6) is 0.684. The molecule has 0 bridgehead atoms. The van der Waals surface area contributed by atoms with E-state index >= 15 is 0 Å². The summed E-state index contributed by atoms with van der Waals surface area (Å²) < 4.78 is 11.5. The van der Waals surface area contributed by atoms with Crippen LogP contribution in [0.1, 0.15) is 12.5 Å². The Morgan fingerprint density at radius 1 is 1.53 bits per heavy atom. The number of hydrogen-bond acceptors (Lipinski definition) is 4.